The fourth-order valence-corrected chi connectivity index (χ4v) is 3.80. The molecule has 4 N–H and O–H groups in total. The molecule has 0 saturated heterocycles. The number of amides is 2. The fraction of sp³-hybridized carbons (Fsp3) is 0.0909. The van der Waals surface area contributed by atoms with Gasteiger partial charge < -0.3 is 15.8 Å². The van der Waals surface area contributed by atoms with Gasteiger partial charge in [0.2, 0.25) is 5.91 Å². The number of primary amides is 1. The first kappa shape index (κ1) is 24.6. The van der Waals surface area contributed by atoms with Crippen molar-refractivity contribution in [3.8, 4) is 5.75 Å². The Bertz CT molecular complexity index is 1290. The summed E-state index contributed by atoms with van der Waals surface area (Å²) in [6.07, 6.45) is -4.61. The number of halogens is 3. The van der Waals surface area contributed by atoms with Crippen LogP contribution in [0.25, 0.3) is 0 Å². The van der Waals surface area contributed by atoms with E-state index in [-0.39, 0.29) is 28.5 Å². The highest BCUT2D eigenvalue weighted by Crippen LogP contribution is 2.31. The Hall–Kier alpha value is -4.06. The van der Waals surface area contributed by atoms with Gasteiger partial charge in [-0.25, -0.2) is 8.42 Å². The number of hydrogen-bond donors (Lipinski definition) is 3. The van der Waals surface area contributed by atoms with Gasteiger partial charge in [0.15, 0.2) is 6.61 Å². The van der Waals surface area contributed by atoms with Gasteiger partial charge >= 0.3 is 6.18 Å². The van der Waals surface area contributed by atoms with Crippen molar-refractivity contribution in [3.63, 3.8) is 0 Å². The topological polar surface area (TPSA) is 128 Å². The maximum absolute atomic E-state index is 12.8. The van der Waals surface area contributed by atoms with Gasteiger partial charge in [0.25, 0.3) is 15.9 Å². The van der Waals surface area contributed by atoms with Gasteiger partial charge in [0, 0.05) is 16.9 Å². The Kier molecular flexibility index (Phi) is 7.11. The second-order valence-electron chi connectivity index (χ2n) is 6.93. The number of carbonyl (C=O) groups is 2. The predicted molar refractivity (Wildman–Crippen MR) is 118 cm³/mol. The number of benzene rings is 3. The predicted octanol–water partition coefficient (Wildman–Crippen LogP) is 3.62. The smallest absolute Gasteiger partial charge is 0.416 e. The third-order valence-electron chi connectivity index (χ3n) is 4.40. The van der Waals surface area contributed by atoms with E-state index in [0.717, 1.165) is 12.1 Å². The van der Waals surface area contributed by atoms with E-state index in [1.165, 1.54) is 54.6 Å². The molecule has 0 bridgehead atoms. The molecule has 3 rings (SSSR count). The Morgan fingerprint density at radius 1 is 0.912 bits per heavy atom. The van der Waals surface area contributed by atoms with E-state index in [9.17, 15) is 31.2 Å². The second-order valence-corrected chi connectivity index (χ2v) is 8.62. The molecule has 0 aromatic heterocycles. The third kappa shape index (κ3) is 6.48. The summed E-state index contributed by atoms with van der Waals surface area (Å²) < 4.78 is 70.9. The first-order chi connectivity index (χ1) is 15.9. The molecule has 3 aromatic carbocycles. The zero-order valence-corrected chi connectivity index (χ0v) is 18.1. The lowest BCUT2D eigenvalue weighted by Gasteiger charge is -2.12. The molecule has 0 atom stereocenters. The number of ether oxygens (including phenoxy) is 1. The quantitative estimate of drug-likeness (QED) is 0.442. The van der Waals surface area contributed by atoms with Crippen LogP contribution in [0, 0.1) is 0 Å². The molecule has 8 nitrogen and oxygen atoms in total. The molecule has 178 valence electrons. The maximum Gasteiger partial charge on any atom is 0.416 e. The lowest BCUT2D eigenvalue weighted by molar-refractivity contribution is -0.137. The average molecular weight is 493 g/mol. The summed E-state index contributed by atoms with van der Waals surface area (Å²) in [7, 11) is -4.16. The van der Waals surface area contributed by atoms with Crippen LogP contribution < -0.4 is 20.5 Å². The Labute approximate surface area is 192 Å². The standard InChI is InChI=1S/C22H18F3N3O5S/c23-22(24,25)15-2-1-3-17(12-15)28-34(31,32)19-10-8-18(9-11-19)33-13-20(29)27-16-6-4-14(5-7-16)21(26)30/h1-12,28H,13H2,(H2,26,30)(H,27,29). The van der Waals surface area contributed by atoms with E-state index in [2.05, 4.69) is 10.0 Å². The minimum absolute atomic E-state index is 0.192. The zero-order valence-electron chi connectivity index (χ0n) is 17.3. The van der Waals surface area contributed by atoms with Gasteiger partial charge in [-0.05, 0) is 66.7 Å². The fourth-order valence-electron chi connectivity index (χ4n) is 2.75. The molecule has 0 unspecified atom stereocenters. The molecular weight excluding hydrogens is 475 g/mol. The molecule has 0 spiro atoms. The molecule has 3 aromatic rings. The van der Waals surface area contributed by atoms with Crippen LogP contribution in [-0.2, 0) is 21.0 Å². The maximum atomic E-state index is 12.8. The summed E-state index contributed by atoms with van der Waals surface area (Å²) in [6.45, 7) is -0.383. The van der Waals surface area contributed by atoms with Gasteiger partial charge in [0.1, 0.15) is 5.75 Å². The van der Waals surface area contributed by atoms with E-state index in [1.807, 2.05) is 0 Å². The van der Waals surface area contributed by atoms with Crippen molar-refractivity contribution in [2.75, 3.05) is 16.6 Å². The number of nitrogens with two attached hydrogens (primary N) is 1. The summed E-state index contributed by atoms with van der Waals surface area (Å²) in [5.41, 5.74) is 4.62. The van der Waals surface area contributed by atoms with Crippen molar-refractivity contribution in [1.82, 2.24) is 0 Å². The summed E-state index contributed by atoms with van der Waals surface area (Å²) >= 11 is 0. The molecule has 0 aliphatic rings. The van der Waals surface area contributed by atoms with Gasteiger partial charge in [0.05, 0.1) is 10.5 Å². The number of alkyl halides is 3. The molecule has 0 saturated carbocycles. The lowest BCUT2D eigenvalue weighted by Crippen LogP contribution is -2.20. The third-order valence-corrected chi connectivity index (χ3v) is 5.80. The molecule has 12 heteroatoms. The van der Waals surface area contributed by atoms with Crippen LogP contribution in [0.1, 0.15) is 15.9 Å². The minimum Gasteiger partial charge on any atom is -0.484 e. The van der Waals surface area contributed by atoms with E-state index in [4.69, 9.17) is 10.5 Å². The number of hydrogen-bond acceptors (Lipinski definition) is 5. The summed E-state index contributed by atoms with van der Waals surface area (Å²) in [5.74, 6) is -0.913. The van der Waals surface area contributed by atoms with Crippen LogP contribution in [0.2, 0.25) is 0 Å². The van der Waals surface area contributed by atoms with Crippen LogP contribution in [-0.4, -0.2) is 26.8 Å². The number of anilines is 2. The Balaban J connectivity index is 1.58. The Morgan fingerprint density at radius 2 is 1.56 bits per heavy atom. The van der Waals surface area contributed by atoms with Crippen molar-refractivity contribution >= 4 is 33.2 Å². The monoisotopic (exact) mass is 493 g/mol. The van der Waals surface area contributed by atoms with Crippen molar-refractivity contribution in [2.45, 2.75) is 11.1 Å². The average Bonchev–Trinajstić information content (AvgIpc) is 2.78. The van der Waals surface area contributed by atoms with Crippen LogP contribution in [0.15, 0.2) is 77.7 Å². The first-order valence-electron chi connectivity index (χ1n) is 9.57. The zero-order chi connectivity index (χ0) is 24.9. The van der Waals surface area contributed by atoms with Crippen molar-refractivity contribution in [3.05, 3.63) is 83.9 Å². The second kappa shape index (κ2) is 9.83. The van der Waals surface area contributed by atoms with Gasteiger partial charge in [-0.2, -0.15) is 13.2 Å². The SMILES string of the molecule is NC(=O)c1ccc(NC(=O)COc2ccc(S(=O)(=O)Nc3cccc(C(F)(F)F)c3)cc2)cc1. The van der Waals surface area contributed by atoms with E-state index in [1.54, 1.807) is 0 Å². The number of carbonyl (C=O) groups excluding carboxylic acids is 2. The van der Waals surface area contributed by atoms with Crippen molar-refractivity contribution in [2.24, 2.45) is 5.73 Å². The van der Waals surface area contributed by atoms with E-state index in [0.29, 0.717) is 11.8 Å². The molecule has 0 aliphatic carbocycles. The number of sulfonamides is 1. The van der Waals surface area contributed by atoms with Gasteiger partial charge in [-0.3, -0.25) is 14.3 Å². The lowest BCUT2D eigenvalue weighted by atomic mass is 10.2. The van der Waals surface area contributed by atoms with Crippen LogP contribution in [0.5, 0.6) is 5.75 Å². The molecule has 0 fully saturated rings. The molecule has 0 aliphatic heterocycles. The highest BCUT2D eigenvalue weighted by Gasteiger charge is 2.30. The molecule has 34 heavy (non-hydrogen) atoms. The Morgan fingerprint density at radius 3 is 2.15 bits per heavy atom. The highest BCUT2D eigenvalue weighted by atomic mass is 32.2. The van der Waals surface area contributed by atoms with Crippen LogP contribution in [0.4, 0.5) is 24.5 Å². The largest absolute Gasteiger partial charge is 0.484 e. The number of rotatable bonds is 8. The normalized spacial score (nSPS) is 11.5. The molecule has 2 amide bonds. The van der Waals surface area contributed by atoms with Crippen molar-refractivity contribution < 1.29 is 35.9 Å². The number of nitrogens with one attached hydrogen (secondary N) is 2. The molecule has 0 heterocycles. The first-order valence-corrected chi connectivity index (χ1v) is 11.0. The van der Waals surface area contributed by atoms with Crippen LogP contribution >= 0.6 is 0 Å². The van der Waals surface area contributed by atoms with E-state index >= 15 is 0 Å². The van der Waals surface area contributed by atoms with Gasteiger partial charge in [-0.15, -0.1) is 0 Å². The highest BCUT2D eigenvalue weighted by molar-refractivity contribution is 7.92. The van der Waals surface area contributed by atoms with Crippen molar-refractivity contribution in [1.29, 1.82) is 0 Å². The molecule has 0 radical (unpaired) electrons. The summed E-state index contributed by atoms with van der Waals surface area (Å²) in [6, 6.07) is 14.7. The van der Waals surface area contributed by atoms with Gasteiger partial charge in [-0.1, -0.05) is 6.07 Å². The summed E-state index contributed by atoms with van der Waals surface area (Å²) in [5, 5.41) is 2.55. The van der Waals surface area contributed by atoms with Crippen LogP contribution in [0.3, 0.4) is 0 Å². The minimum atomic E-state index is -4.61. The summed E-state index contributed by atoms with van der Waals surface area (Å²) in [4.78, 5) is 22.9. The molecular formula is C22H18F3N3O5S. The van der Waals surface area contributed by atoms with E-state index < -0.39 is 33.6 Å².